The molecular formula is C16H13FO4S. The molecule has 0 bridgehead atoms. The molecule has 1 aromatic carbocycles. The van der Waals surface area contributed by atoms with Crippen molar-refractivity contribution in [3.8, 4) is 0 Å². The maximum Gasteiger partial charge on any atom is 0.389 e. The molecule has 1 aliphatic rings. The van der Waals surface area contributed by atoms with Crippen molar-refractivity contribution in [3.05, 3.63) is 57.3 Å². The lowest BCUT2D eigenvalue weighted by molar-refractivity contribution is -0.149. The first kappa shape index (κ1) is 14.7. The van der Waals surface area contributed by atoms with E-state index in [1.165, 1.54) is 11.3 Å². The van der Waals surface area contributed by atoms with Gasteiger partial charge in [-0.25, -0.2) is 9.74 Å². The molecule has 0 spiro atoms. The molecule has 114 valence electrons. The molecule has 22 heavy (non-hydrogen) atoms. The zero-order valence-electron chi connectivity index (χ0n) is 11.6. The quantitative estimate of drug-likeness (QED) is 0.812. The van der Waals surface area contributed by atoms with Crippen molar-refractivity contribution in [1.29, 1.82) is 0 Å². The molecule has 1 atom stereocenters. The number of esters is 1. The summed E-state index contributed by atoms with van der Waals surface area (Å²) in [7, 11) is 0. The Morgan fingerprint density at radius 2 is 2.00 bits per heavy atom. The van der Waals surface area contributed by atoms with E-state index >= 15 is 0 Å². The topological polar surface area (TPSA) is 52.6 Å². The fraction of sp³-hybridized carbons (Fsp3) is 0.250. The molecule has 0 radical (unpaired) electrons. The van der Waals surface area contributed by atoms with Crippen LogP contribution in [0.5, 0.6) is 0 Å². The van der Waals surface area contributed by atoms with Crippen molar-refractivity contribution in [1.82, 2.24) is 0 Å². The SMILES string of the molecule is O=C(OF)c1cc2c(s1)CC(C(=O)OCc1ccccc1)C2. The lowest BCUT2D eigenvalue weighted by Crippen LogP contribution is -2.18. The minimum absolute atomic E-state index is 0.226. The summed E-state index contributed by atoms with van der Waals surface area (Å²) in [5, 5.41) is 0. The minimum Gasteiger partial charge on any atom is -0.461 e. The highest BCUT2D eigenvalue weighted by atomic mass is 32.1. The van der Waals surface area contributed by atoms with Gasteiger partial charge in [-0.3, -0.25) is 4.79 Å². The number of carbonyl (C=O) groups excluding carboxylic acids is 2. The van der Waals surface area contributed by atoms with Gasteiger partial charge in [-0.15, -0.1) is 11.3 Å². The Balaban J connectivity index is 1.57. The van der Waals surface area contributed by atoms with Gasteiger partial charge in [0.2, 0.25) is 0 Å². The molecule has 6 heteroatoms. The number of fused-ring (bicyclic) bond motifs is 1. The van der Waals surface area contributed by atoms with E-state index in [1.54, 1.807) is 6.07 Å². The number of ether oxygens (including phenoxy) is 1. The smallest absolute Gasteiger partial charge is 0.389 e. The average molecular weight is 320 g/mol. The molecule has 0 fully saturated rings. The molecular weight excluding hydrogens is 307 g/mol. The summed E-state index contributed by atoms with van der Waals surface area (Å²) in [4.78, 5) is 27.6. The van der Waals surface area contributed by atoms with E-state index in [1.807, 2.05) is 30.3 Å². The van der Waals surface area contributed by atoms with Gasteiger partial charge in [0.25, 0.3) is 0 Å². The lowest BCUT2D eigenvalue weighted by atomic mass is 10.1. The van der Waals surface area contributed by atoms with Crippen molar-refractivity contribution in [2.24, 2.45) is 5.92 Å². The number of thiophene rings is 1. The molecule has 1 aromatic heterocycles. The van der Waals surface area contributed by atoms with Crippen LogP contribution >= 0.6 is 11.3 Å². The number of halogens is 1. The minimum atomic E-state index is -0.984. The molecule has 0 aliphatic heterocycles. The molecule has 0 saturated carbocycles. The van der Waals surface area contributed by atoms with Crippen molar-refractivity contribution in [2.75, 3.05) is 0 Å². The summed E-state index contributed by atoms with van der Waals surface area (Å²) in [5.74, 6) is -1.47. The van der Waals surface area contributed by atoms with Crippen LogP contribution in [0.1, 0.15) is 25.7 Å². The van der Waals surface area contributed by atoms with E-state index < -0.39 is 5.97 Å². The van der Waals surface area contributed by atoms with Crippen LogP contribution in [0, 0.1) is 5.92 Å². The summed E-state index contributed by atoms with van der Waals surface area (Å²) >= 11 is 1.17. The highest BCUT2D eigenvalue weighted by molar-refractivity contribution is 7.14. The fourth-order valence-electron chi connectivity index (χ4n) is 2.53. The van der Waals surface area contributed by atoms with E-state index in [0.29, 0.717) is 12.8 Å². The van der Waals surface area contributed by atoms with E-state index in [9.17, 15) is 14.1 Å². The van der Waals surface area contributed by atoms with Gasteiger partial charge in [-0.2, -0.15) is 0 Å². The first-order valence-electron chi connectivity index (χ1n) is 6.82. The monoisotopic (exact) mass is 320 g/mol. The lowest BCUT2D eigenvalue weighted by Gasteiger charge is -2.09. The molecule has 1 unspecified atom stereocenters. The van der Waals surface area contributed by atoms with Gasteiger partial charge in [-0.05, 0) is 30.0 Å². The Labute approximate surface area is 130 Å². The van der Waals surface area contributed by atoms with Crippen molar-refractivity contribution < 1.29 is 23.8 Å². The standard InChI is InChI=1S/C16H13FO4S/c17-21-16(19)14-7-11-6-12(8-13(11)22-14)15(18)20-9-10-4-2-1-3-5-10/h1-5,7,12H,6,8-9H2. The Morgan fingerprint density at radius 3 is 2.68 bits per heavy atom. The number of hydrogen-bond acceptors (Lipinski definition) is 5. The summed E-state index contributed by atoms with van der Waals surface area (Å²) in [6.45, 7) is 0.253. The van der Waals surface area contributed by atoms with Crippen molar-refractivity contribution in [3.63, 3.8) is 0 Å². The Bertz CT molecular complexity index is 672. The third kappa shape index (κ3) is 3.01. The van der Waals surface area contributed by atoms with Crippen molar-refractivity contribution in [2.45, 2.75) is 19.4 Å². The number of carbonyl (C=O) groups is 2. The van der Waals surface area contributed by atoms with E-state index in [-0.39, 0.29) is 23.4 Å². The second-order valence-electron chi connectivity index (χ2n) is 5.12. The van der Waals surface area contributed by atoms with Crippen LogP contribution in [0.4, 0.5) is 4.53 Å². The zero-order valence-corrected chi connectivity index (χ0v) is 12.4. The predicted molar refractivity (Wildman–Crippen MR) is 78.0 cm³/mol. The largest absolute Gasteiger partial charge is 0.461 e. The first-order chi connectivity index (χ1) is 10.7. The van der Waals surface area contributed by atoms with Crippen LogP contribution in [0.25, 0.3) is 0 Å². The van der Waals surface area contributed by atoms with Gasteiger partial charge in [-0.1, -0.05) is 30.3 Å². The average Bonchev–Trinajstić information content (AvgIpc) is 3.11. The van der Waals surface area contributed by atoms with E-state index in [4.69, 9.17) is 4.74 Å². The van der Waals surface area contributed by atoms with Crippen LogP contribution in [-0.2, 0) is 33.9 Å². The summed E-state index contributed by atoms with van der Waals surface area (Å²) in [6, 6.07) is 11.1. The number of benzene rings is 1. The molecule has 2 aromatic rings. The molecule has 3 rings (SSSR count). The van der Waals surface area contributed by atoms with E-state index in [2.05, 4.69) is 4.94 Å². The Kier molecular flexibility index (Phi) is 4.20. The number of rotatable bonds is 4. The van der Waals surface area contributed by atoms with Crippen LogP contribution in [0.15, 0.2) is 36.4 Å². The predicted octanol–water partition coefficient (Wildman–Crippen LogP) is 3.25. The van der Waals surface area contributed by atoms with Gasteiger partial charge in [0.05, 0.1) is 5.92 Å². The van der Waals surface area contributed by atoms with E-state index in [0.717, 1.165) is 16.0 Å². The second-order valence-corrected chi connectivity index (χ2v) is 6.26. The Morgan fingerprint density at radius 1 is 1.23 bits per heavy atom. The van der Waals surface area contributed by atoms with Crippen LogP contribution in [0.3, 0.4) is 0 Å². The summed E-state index contributed by atoms with van der Waals surface area (Å²) in [6.07, 6.45) is 1.03. The van der Waals surface area contributed by atoms with Crippen LogP contribution < -0.4 is 0 Å². The van der Waals surface area contributed by atoms with Gasteiger partial charge < -0.3 is 4.74 Å². The van der Waals surface area contributed by atoms with Gasteiger partial charge in [0, 0.05) is 9.40 Å². The van der Waals surface area contributed by atoms with Crippen LogP contribution in [0.2, 0.25) is 0 Å². The molecule has 1 aliphatic carbocycles. The molecule has 0 amide bonds. The van der Waals surface area contributed by atoms with Crippen molar-refractivity contribution >= 4 is 23.3 Å². The maximum absolute atomic E-state index is 12.1. The highest BCUT2D eigenvalue weighted by Gasteiger charge is 2.31. The summed E-state index contributed by atoms with van der Waals surface area (Å²) < 4.78 is 17.2. The molecule has 0 N–H and O–H groups in total. The molecule has 4 nitrogen and oxygen atoms in total. The Hall–Kier alpha value is -2.21. The zero-order chi connectivity index (χ0) is 15.5. The molecule has 1 heterocycles. The van der Waals surface area contributed by atoms with Gasteiger partial charge in [0.1, 0.15) is 11.5 Å². The summed E-state index contributed by atoms with van der Waals surface area (Å²) in [5.41, 5.74) is 1.84. The molecule has 0 saturated heterocycles. The number of hydrogen-bond donors (Lipinski definition) is 0. The normalized spacial score (nSPS) is 16.1. The third-order valence-electron chi connectivity index (χ3n) is 3.62. The van der Waals surface area contributed by atoms with Gasteiger partial charge in [0.15, 0.2) is 0 Å². The van der Waals surface area contributed by atoms with Gasteiger partial charge >= 0.3 is 11.9 Å². The first-order valence-corrected chi connectivity index (χ1v) is 7.64. The maximum atomic E-state index is 12.1. The third-order valence-corrected chi connectivity index (χ3v) is 4.80. The fourth-order valence-corrected chi connectivity index (χ4v) is 3.66. The van der Waals surface area contributed by atoms with Crippen LogP contribution in [-0.4, -0.2) is 11.9 Å². The second kappa shape index (κ2) is 6.27. The highest BCUT2D eigenvalue weighted by Crippen LogP contribution is 2.35.